The largest absolute Gasteiger partial charge is 0.493 e. The molecule has 98 valence electrons. The van der Waals surface area contributed by atoms with Crippen LogP contribution in [-0.2, 0) is 4.79 Å². The monoisotopic (exact) mass is 252 g/mol. The van der Waals surface area contributed by atoms with Crippen LogP contribution in [0.5, 0.6) is 11.5 Å². The molecule has 0 spiro atoms. The Bertz CT molecular complexity index is 453. The molecule has 1 aromatic rings. The van der Waals surface area contributed by atoms with Gasteiger partial charge in [-0.3, -0.25) is 9.59 Å². The summed E-state index contributed by atoms with van der Waals surface area (Å²) in [6.07, 6.45) is -0.187. The van der Waals surface area contributed by atoms with Crippen LogP contribution in [-0.4, -0.2) is 31.1 Å². The summed E-state index contributed by atoms with van der Waals surface area (Å²) >= 11 is 0. The Kier molecular flexibility index (Phi) is 4.71. The van der Waals surface area contributed by atoms with Crippen LogP contribution in [0.2, 0.25) is 0 Å². The Hall–Kier alpha value is -2.04. The molecule has 18 heavy (non-hydrogen) atoms. The minimum atomic E-state index is -0.990. The fraction of sp³-hybridized carbons (Fsp3) is 0.385. The summed E-state index contributed by atoms with van der Waals surface area (Å²) in [6, 6.07) is 4.78. The molecule has 0 radical (unpaired) electrons. The number of carboxylic acids is 1. The van der Waals surface area contributed by atoms with Crippen LogP contribution in [0.15, 0.2) is 18.2 Å². The fourth-order valence-corrected chi connectivity index (χ4v) is 1.63. The second kappa shape index (κ2) is 6.05. The Morgan fingerprint density at radius 2 is 1.83 bits per heavy atom. The molecule has 0 aliphatic carbocycles. The molecule has 0 aromatic heterocycles. The minimum absolute atomic E-state index is 0.187. The highest BCUT2D eigenvalue weighted by Crippen LogP contribution is 2.28. The number of benzene rings is 1. The zero-order chi connectivity index (χ0) is 13.7. The Morgan fingerprint density at radius 3 is 2.33 bits per heavy atom. The summed E-state index contributed by atoms with van der Waals surface area (Å²) in [4.78, 5) is 22.6. The third kappa shape index (κ3) is 3.23. The first-order valence-corrected chi connectivity index (χ1v) is 5.47. The number of ether oxygens (including phenoxy) is 2. The number of hydrogen-bond donors (Lipinski definition) is 1. The third-order valence-electron chi connectivity index (χ3n) is 2.60. The SMILES string of the molecule is COc1ccc(C(=O)[C@@H](C)CC(=O)O)cc1OC. The van der Waals surface area contributed by atoms with Crippen molar-refractivity contribution in [2.45, 2.75) is 13.3 Å². The van der Waals surface area contributed by atoms with E-state index >= 15 is 0 Å². The molecular weight excluding hydrogens is 236 g/mol. The van der Waals surface area contributed by atoms with E-state index in [1.165, 1.54) is 14.2 Å². The molecule has 5 heteroatoms. The van der Waals surface area contributed by atoms with E-state index in [0.717, 1.165) is 0 Å². The average molecular weight is 252 g/mol. The normalized spacial score (nSPS) is 11.7. The second-order valence-electron chi connectivity index (χ2n) is 3.93. The van der Waals surface area contributed by atoms with Gasteiger partial charge in [0.2, 0.25) is 0 Å². The summed E-state index contributed by atoms with van der Waals surface area (Å²) in [7, 11) is 2.99. The maximum Gasteiger partial charge on any atom is 0.304 e. The highest BCUT2D eigenvalue weighted by atomic mass is 16.5. The van der Waals surface area contributed by atoms with Crippen LogP contribution in [0.3, 0.4) is 0 Å². The van der Waals surface area contributed by atoms with Crippen molar-refractivity contribution in [3.05, 3.63) is 23.8 Å². The summed E-state index contributed by atoms with van der Waals surface area (Å²) in [5.41, 5.74) is 0.418. The quantitative estimate of drug-likeness (QED) is 0.784. The third-order valence-corrected chi connectivity index (χ3v) is 2.60. The van der Waals surface area contributed by atoms with Crippen molar-refractivity contribution in [2.24, 2.45) is 5.92 Å². The maximum atomic E-state index is 12.0. The van der Waals surface area contributed by atoms with E-state index < -0.39 is 11.9 Å². The van der Waals surface area contributed by atoms with Gasteiger partial charge in [0.1, 0.15) is 0 Å². The van der Waals surface area contributed by atoms with E-state index in [9.17, 15) is 9.59 Å². The van der Waals surface area contributed by atoms with Crippen molar-refractivity contribution in [2.75, 3.05) is 14.2 Å². The highest BCUT2D eigenvalue weighted by Gasteiger charge is 2.19. The van der Waals surface area contributed by atoms with E-state index in [4.69, 9.17) is 14.6 Å². The molecule has 0 bridgehead atoms. The van der Waals surface area contributed by atoms with Gasteiger partial charge in [-0.1, -0.05) is 6.92 Å². The molecule has 0 aliphatic heterocycles. The highest BCUT2D eigenvalue weighted by molar-refractivity contribution is 5.99. The first-order valence-electron chi connectivity index (χ1n) is 5.47. The predicted octanol–water partition coefficient (Wildman–Crippen LogP) is 2.00. The number of ketones is 1. The molecular formula is C13H16O5. The van der Waals surface area contributed by atoms with Gasteiger partial charge < -0.3 is 14.6 Å². The Balaban J connectivity index is 2.96. The first kappa shape index (κ1) is 14.0. The topological polar surface area (TPSA) is 72.8 Å². The van der Waals surface area contributed by atoms with Crippen molar-refractivity contribution in [1.29, 1.82) is 0 Å². The molecule has 0 saturated heterocycles. The number of rotatable bonds is 6. The molecule has 1 N–H and O–H groups in total. The molecule has 0 aliphatic rings. The van der Waals surface area contributed by atoms with E-state index in [-0.39, 0.29) is 12.2 Å². The lowest BCUT2D eigenvalue weighted by atomic mass is 9.96. The smallest absolute Gasteiger partial charge is 0.304 e. The number of carbonyl (C=O) groups excluding carboxylic acids is 1. The van der Waals surface area contributed by atoms with Gasteiger partial charge in [-0.05, 0) is 18.2 Å². The lowest BCUT2D eigenvalue weighted by Gasteiger charge is -2.11. The van der Waals surface area contributed by atoms with Crippen LogP contribution in [0.1, 0.15) is 23.7 Å². The van der Waals surface area contributed by atoms with Gasteiger partial charge in [-0.2, -0.15) is 0 Å². The van der Waals surface area contributed by atoms with Crippen LogP contribution >= 0.6 is 0 Å². The molecule has 0 heterocycles. The Morgan fingerprint density at radius 1 is 1.22 bits per heavy atom. The summed E-state index contributed by atoms with van der Waals surface area (Å²) < 4.78 is 10.2. The second-order valence-corrected chi connectivity index (χ2v) is 3.93. The number of methoxy groups -OCH3 is 2. The number of hydrogen-bond acceptors (Lipinski definition) is 4. The molecule has 0 unspecified atom stereocenters. The molecule has 0 fully saturated rings. The zero-order valence-corrected chi connectivity index (χ0v) is 10.6. The molecule has 0 amide bonds. The maximum absolute atomic E-state index is 12.0. The van der Waals surface area contributed by atoms with Gasteiger partial charge in [0, 0.05) is 11.5 Å². The molecule has 1 aromatic carbocycles. The van der Waals surface area contributed by atoms with Crippen molar-refractivity contribution in [3.8, 4) is 11.5 Å². The number of carboxylic acid groups (broad SMARTS) is 1. The predicted molar refractivity (Wildman–Crippen MR) is 65.3 cm³/mol. The first-order chi connectivity index (χ1) is 8.49. The van der Waals surface area contributed by atoms with Gasteiger partial charge in [0.25, 0.3) is 0 Å². The van der Waals surface area contributed by atoms with Crippen LogP contribution in [0.4, 0.5) is 0 Å². The van der Waals surface area contributed by atoms with Gasteiger partial charge in [-0.25, -0.2) is 0 Å². The van der Waals surface area contributed by atoms with Crippen molar-refractivity contribution in [3.63, 3.8) is 0 Å². The molecule has 0 saturated carbocycles. The van der Waals surface area contributed by atoms with Crippen LogP contribution < -0.4 is 9.47 Å². The fourth-order valence-electron chi connectivity index (χ4n) is 1.63. The minimum Gasteiger partial charge on any atom is -0.493 e. The van der Waals surface area contributed by atoms with Crippen LogP contribution in [0.25, 0.3) is 0 Å². The van der Waals surface area contributed by atoms with Crippen LogP contribution in [0, 0.1) is 5.92 Å². The number of Topliss-reactive ketones (excluding diaryl/α,β-unsaturated/α-hetero) is 1. The molecule has 1 rings (SSSR count). The number of aliphatic carboxylic acids is 1. The van der Waals surface area contributed by atoms with E-state index in [0.29, 0.717) is 17.1 Å². The van der Waals surface area contributed by atoms with Gasteiger partial charge >= 0.3 is 5.97 Å². The lowest BCUT2D eigenvalue weighted by molar-refractivity contribution is -0.137. The summed E-state index contributed by atoms with van der Waals surface area (Å²) in [6.45, 7) is 1.59. The van der Waals surface area contributed by atoms with Gasteiger partial charge in [-0.15, -0.1) is 0 Å². The zero-order valence-electron chi connectivity index (χ0n) is 10.6. The van der Waals surface area contributed by atoms with E-state index in [1.54, 1.807) is 25.1 Å². The van der Waals surface area contributed by atoms with E-state index in [2.05, 4.69) is 0 Å². The average Bonchev–Trinajstić information content (AvgIpc) is 2.36. The van der Waals surface area contributed by atoms with Crippen molar-refractivity contribution >= 4 is 11.8 Å². The van der Waals surface area contributed by atoms with Crippen molar-refractivity contribution < 1.29 is 24.2 Å². The van der Waals surface area contributed by atoms with E-state index in [1.807, 2.05) is 0 Å². The summed E-state index contributed by atoms with van der Waals surface area (Å²) in [5.74, 6) is -0.805. The molecule has 5 nitrogen and oxygen atoms in total. The van der Waals surface area contributed by atoms with Crippen molar-refractivity contribution in [1.82, 2.24) is 0 Å². The lowest BCUT2D eigenvalue weighted by Crippen LogP contribution is -2.15. The molecule has 1 atom stereocenters. The van der Waals surface area contributed by atoms with Gasteiger partial charge in [0.15, 0.2) is 17.3 Å². The standard InChI is InChI=1S/C13H16O5/c1-8(6-12(14)15)13(16)9-4-5-10(17-2)11(7-9)18-3/h4-5,7-8H,6H2,1-3H3,(H,14,15)/t8-/m0/s1. The Labute approximate surface area is 105 Å². The summed E-state index contributed by atoms with van der Waals surface area (Å²) in [5, 5.41) is 8.67. The number of carbonyl (C=O) groups is 2. The van der Waals surface area contributed by atoms with Gasteiger partial charge in [0.05, 0.1) is 20.6 Å².